The smallest absolute Gasteiger partial charge is 0.167 e. The molecular formula is C37H48N2O3S. The number of aryl methyl sites for hydroxylation is 1. The molecule has 0 aromatic carbocycles. The lowest BCUT2D eigenvalue weighted by molar-refractivity contribution is 0.0803. The van der Waals surface area contributed by atoms with Gasteiger partial charge >= 0.3 is 0 Å². The molecule has 43 heavy (non-hydrogen) atoms. The number of Topliss-reactive ketones (excluding diaryl/α,β-unsaturated/α-hetero) is 1. The van der Waals surface area contributed by atoms with Crippen molar-refractivity contribution in [3.63, 3.8) is 0 Å². The molecule has 230 valence electrons. The van der Waals surface area contributed by atoms with E-state index in [2.05, 4.69) is 49.9 Å². The average Bonchev–Trinajstić information content (AvgIpc) is 3.53. The summed E-state index contributed by atoms with van der Waals surface area (Å²) in [6.07, 6.45) is 17.8. The van der Waals surface area contributed by atoms with Gasteiger partial charge in [-0.25, -0.2) is 4.98 Å². The van der Waals surface area contributed by atoms with Gasteiger partial charge in [0.1, 0.15) is 0 Å². The molecule has 4 fully saturated rings. The fourth-order valence-corrected chi connectivity index (χ4v) is 10.2. The van der Waals surface area contributed by atoms with Crippen LogP contribution in [-0.4, -0.2) is 38.2 Å². The molecule has 0 saturated heterocycles. The van der Waals surface area contributed by atoms with Crippen molar-refractivity contribution in [3.05, 3.63) is 81.6 Å². The van der Waals surface area contributed by atoms with Crippen LogP contribution in [0.4, 0.5) is 0 Å². The number of nitrogens with zero attached hydrogens (tertiary/aromatic N) is 2. The van der Waals surface area contributed by atoms with Crippen LogP contribution < -0.4 is 0 Å². The molecule has 6 heteroatoms. The van der Waals surface area contributed by atoms with Gasteiger partial charge in [0.25, 0.3) is 0 Å². The van der Waals surface area contributed by atoms with Crippen molar-refractivity contribution in [1.82, 2.24) is 9.97 Å². The van der Waals surface area contributed by atoms with Crippen LogP contribution in [0, 0.1) is 36.0 Å². The number of thiazole rings is 1. The lowest BCUT2D eigenvalue weighted by Gasteiger charge is -2.44. The highest BCUT2D eigenvalue weighted by atomic mass is 32.1. The number of fused-ring (bicyclic) bond motifs is 1. The number of allylic oxidation sites excluding steroid dienone is 3. The first kappa shape index (κ1) is 30.6. The van der Waals surface area contributed by atoms with E-state index >= 15 is 0 Å². The van der Waals surface area contributed by atoms with E-state index in [1.807, 2.05) is 12.1 Å². The Morgan fingerprint density at radius 1 is 1.16 bits per heavy atom. The lowest BCUT2D eigenvalue weighted by Crippen LogP contribution is -2.36. The summed E-state index contributed by atoms with van der Waals surface area (Å²) in [7, 11) is 0. The summed E-state index contributed by atoms with van der Waals surface area (Å²) < 4.78 is 0. The van der Waals surface area contributed by atoms with Gasteiger partial charge in [-0.3, -0.25) is 9.78 Å². The Hall–Kier alpha value is -2.41. The number of rotatable bonds is 9. The SMILES string of the molecule is C=C1C(=CC=C2CCC[C@]3(C)[C@@H]([C@H](C)CC[C@H](C(=O)c4ccncc4)C4(c5nc(C)cs5)CC4)CC[C@@H]23)C[C@@H](O)C[C@@H]1O. The van der Waals surface area contributed by atoms with E-state index < -0.39 is 12.2 Å². The summed E-state index contributed by atoms with van der Waals surface area (Å²) in [5.74, 6) is 1.95. The van der Waals surface area contributed by atoms with Gasteiger partial charge in [-0.15, -0.1) is 11.3 Å². The highest BCUT2D eigenvalue weighted by molar-refractivity contribution is 7.09. The predicted octanol–water partition coefficient (Wildman–Crippen LogP) is 7.93. The molecule has 5 nitrogen and oxygen atoms in total. The maximum atomic E-state index is 14.0. The number of carbonyl (C=O) groups is 1. The third-order valence-electron chi connectivity index (χ3n) is 11.7. The highest BCUT2D eigenvalue weighted by Gasteiger charge is 2.56. The van der Waals surface area contributed by atoms with Gasteiger partial charge in [0.2, 0.25) is 0 Å². The van der Waals surface area contributed by atoms with E-state index in [1.165, 1.54) is 31.3 Å². The number of aliphatic hydroxyl groups is 2. The van der Waals surface area contributed by atoms with Crippen LogP contribution in [0.15, 0.2) is 65.4 Å². The molecule has 0 unspecified atom stereocenters. The van der Waals surface area contributed by atoms with Crippen LogP contribution >= 0.6 is 11.3 Å². The van der Waals surface area contributed by atoms with Crippen molar-refractivity contribution in [2.45, 2.75) is 109 Å². The number of hydrogen-bond acceptors (Lipinski definition) is 6. The first-order chi connectivity index (χ1) is 20.6. The molecule has 4 aliphatic rings. The van der Waals surface area contributed by atoms with Gasteiger partial charge in [-0.05, 0) is 118 Å². The van der Waals surface area contributed by atoms with Crippen molar-refractivity contribution < 1.29 is 15.0 Å². The van der Waals surface area contributed by atoms with Crippen molar-refractivity contribution in [2.24, 2.45) is 29.1 Å². The van der Waals surface area contributed by atoms with E-state index in [1.54, 1.807) is 23.7 Å². The minimum Gasteiger partial charge on any atom is -0.393 e. The number of ketones is 1. The first-order valence-corrected chi connectivity index (χ1v) is 17.3. The summed E-state index contributed by atoms with van der Waals surface area (Å²) in [5.41, 5.74) is 5.26. The first-order valence-electron chi connectivity index (χ1n) is 16.4. The van der Waals surface area contributed by atoms with Crippen LogP contribution in [0.5, 0.6) is 0 Å². The van der Waals surface area contributed by atoms with Gasteiger partial charge in [-0.2, -0.15) is 0 Å². The second-order valence-electron chi connectivity index (χ2n) is 14.3. The van der Waals surface area contributed by atoms with Crippen LogP contribution in [0.3, 0.4) is 0 Å². The maximum absolute atomic E-state index is 14.0. The Balaban J connectivity index is 1.19. The Labute approximate surface area is 261 Å². The molecule has 0 radical (unpaired) electrons. The standard InChI is InChI=1S/C37H48N2O3S/c1-23(7-10-32(34(42)27-13-18-38-19-14-27)37(16-17-37)35-39-24(2)22-43-35)30-11-12-31-26(6-5-15-36(30,31)4)8-9-28-20-29(40)21-33(41)25(28)3/h8-9,13-14,18-19,22-23,29-33,40-41H,3,5-7,10-12,15-17,20-21H2,1-2,4H3/t23-,29-,30-,31+,32-,33+,36-/m1/s1. The van der Waals surface area contributed by atoms with Crippen LogP contribution in [0.2, 0.25) is 0 Å². The lowest BCUT2D eigenvalue weighted by atomic mass is 9.60. The summed E-state index contributed by atoms with van der Waals surface area (Å²) in [4.78, 5) is 23.1. The van der Waals surface area contributed by atoms with Gasteiger partial charge in [0.05, 0.1) is 17.2 Å². The minimum atomic E-state index is -0.648. The average molecular weight is 601 g/mol. The number of aromatic nitrogens is 2. The van der Waals surface area contributed by atoms with Crippen molar-refractivity contribution in [1.29, 1.82) is 0 Å². The molecule has 2 N–H and O–H groups in total. The molecule has 4 aliphatic carbocycles. The Morgan fingerprint density at radius 3 is 2.63 bits per heavy atom. The monoisotopic (exact) mass is 600 g/mol. The maximum Gasteiger partial charge on any atom is 0.167 e. The topological polar surface area (TPSA) is 83.3 Å². The highest BCUT2D eigenvalue weighted by Crippen LogP contribution is 2.61. The molecule has 0 amide bonds. The van der Waals surface area contributed by atoms with Gasteiger partial charge in [-0.1, -0.05) is 38.2 Å². The molecule has 0 aliphatic heterocycles. The van der Waals surface area contributed by atoms with Crippen LogP contribution in [-0.2, 0) is 5.41 Å². The second kappa shape index (κ2) is 12.2. The third-order valence-corrected chi connectivity index (χ3v) is 12.9. The molecule has 2 aromatic rings. The third kappa shape index (κ3) is 5.87. The van der Waals surface area contributed by atoms with Crippen LogP contribution in [0.1, 0.15) is 106 Å². The molecule has 2 heterocycles. The molecular weight excluding hydrogens is 552 g/mol. The van der Waals surface area contributed by atoms with E-state index in [9.17, 15) is 15.0 Å². The van der Waals surface area contributed by atoms with E-state index in [0.29, 0.717) is 30.6 Å². The number of aliphatic hydroxyl groups excluding tert-OH is 2. The number of pyridine rings is 1. The zero-order valence-corrected chi connectivity index (χ0v) is 26.9. The quantitative estimate of drug-likeness (QED) is 0.286. The molecule has 0 bridgehead atoms. The number of hydrogen-bond donors (Lipinski definition) is 2. The zero-order chi connectivity index (χ0) is 30.4. The van der Waals surface area contributed by atoms with Crippen molar-refractivity contribution in [3.8, 4) is 0 Å². The Kier molecular flexibility index (Phi) is 8.67. The molecule has 7 atom stereocenters. The summed E-state index contributed by atoms with van der Waals surface area (Å²) >= 11 is 1.73. The Bertz CT molecular complexity index is 1410. The van der Waals surface area contributed by atoms with Gasteiger partial charge < -0.3 is 10.2 Å². The zero-order valence-electron chi connectivity index (χ0n) is 26.1. The molecule has 2 aromatic heterocycles. The summed E-state index contributed by atoms with van der Waals surface area (Å²) in [6.45, 7) is 11.1. The molecule has 6 rings (SSSR count). The van der Waals surface area contributed by atoms with Gasteiger partial charge in [0, 0.05) is 46.8 Å². The van der Waals surface area contributed by atoms with E-state index in [0.717, 1.165) is 59.5 Å². The minimum absolute atomic E-state index is 0.0457. The summed E-state index contributed by atoms with van der Waals surface area (Å²) in [6, 6.07) is 3.75. The molecule has 4 saturated carbocycles. The van der Waals surface area contributed by atoms with Gasteiger partial charge in [0.15, 0.2) is 5.78 Å². The largest absolute Gasteiger partial charge is 0.393 e. The fourth-order valence-electron chi connectivity index (χ4n) is 9.11. The van der Waals surface area contributed by atoms with Crippen molar-refractivity contribution in [2.75, 3.05) is 0 Å². The normalized spacial score (nSPS) is 33.4. The van der Waals surface area contributed by atoms with Crippen LogP contribution in [0.25, 0.3) is 0 Å². The Morgan fingerprint density at radius 2 is 1.93 bits per heavy atom. The van der Waals surface area contributed by atoms with E-state index in [-0.39, 0.29) is 22.5 Å². The fraction of sp³-hybridized carbons (Fsp3) is 0.595. The van der Waals surface area contributed by atoms with E-state index in [4.69, 9.17) is 4.98 Å². The number of carbonyl (C=O) groups excluding carboxylic acids is 1. The molecule has 0 spiro atoms. The summed E-state index contributed by atoms with van der Waals surface area (Å²) in [5, 5.41) is 23.8. The van der Waals surface area contributed by atoms with Crippen molar-refractivity contribution >= 4 is 17.1 Å². The second-order valence-corrected chi connectivity index (χ2v) is 15.2. The predicted molar refractivity (Wildman–Crippen MR) is 173 cm³/mol.